The molecule has 0 fully saturated rings. The van der Waals surface area contributed by atoms with Gasteiger partial charge in [-0.25, -0.2) is 18.7 Å². The zero-order chi connectivity index (χ0) is 18.0. The molecule has 0 radical (unpaired) electrons. The number of nitrogens with zero attached hydrogens (tertiary/aromatic N) is 3. The SMILES string of the molecule is Cc1cc(OCc2ccc(F)cc2F)c(Br)c(=O)n1-c1ccncn1. The van der Waals surface area contributed by atoms with Crippen molar-refractivity contribution >= 4 is 15.9 Å². The lowest BCUT2D eigenvalue weighted by Gasteiger charge is -2.14. The fourth-order valence-corrected chi connectivity index (χ4v) is 2.69. The standard InChI is InChI=1S/C17H12BrF2N3O2/c1-10-6-14(25-8-11-2-3-12(19)7-13(11)20)16(18)17(24)23(10)15-4-5-21-9-22-15/h2-7,9H,8H2,1H3. The second-order valence-electron chi connectivity index (χ2n) is 5.20. The van der Waals surface area contributed by atoms with Gasteiger partial charge in [-0.05, 0) is 41.1 Å². The number of aromatic nitrogens is 3. The minimum Gasteiger partial charge on any atom is -0.487 e. The highest BCUT2D eigenvalue weighted by Crippen LogP contribution is 2.25. The number of aryl methyl sites for hydroxylation is 1. The first-order chi connectivity index (χ1) is 12.0. The maximum atomic E-state index is 13.7. The number of halogens is 3. The molecule has 8 heteroatoms. The van der Waals surface area contributed by atoms with Crippen LogP contribution in [0.4, 0.5) is 8.78 Å². The third-order valence-corrected chi connectivity index (χ3v) is 4.22. The van der Waals surface area contributed by atoms with E-state index in [1.165, 1.54) is 23.2 Å². The summed E-state index contributed by atoms with van der Waals surface area (Å²) < 4.78 is 33.7. The van der Waals surface area contributed by atoms with Gasteiger partial charge in [-0.1, -0.05) is 0 Å². The lowest BCUT2D eigenvalue weighted by atomic mass is 10.2. The Labute approximate surface area is 150 Å². The summed E-state index contributed by atoms with van der Waals surface area (Å²) in [6.45, 7) is 1.59. The predicted octanol–water partition coefficient (Wildman–Crippen LogP) is 3.56. The van der Waals surface area contributed by atoms with Gasteiger partial charge in [-0.2, -0.15) is 0 Å². The highest BCUT2D eigenvalue weighted by atomic mass is 79.9. The monoisotopic (exact) mass is 407 g/mol. The number of hydrogen-bond donors (Lipinski definition) is 0. The Morgan fingerprint density at radius 1 is 1.24 bits per heavy atom. The topological polar surface area (TPSA) is 57.0 Å². The summed E-state index contributed by atoms with van der Waals surface area (Å²) >= 11 is 3.21. The lowest BCUT2D eigenvalue weighted by molar-refractivity contribution is 0.296. The highest BCUT2D eigenvalue weighted by Gasteiger charge is 2.15. The average molecular weight is 408 g/mol. The summed E-state index contributed by atoms with van der Waals surface area (Å²) in [5.74, 6) is -0.682. The molecular formula is C17H12BrF2N3O2. The van der Waals surface area contributed by atoms with Gasteiger partial charge < -0.3 is 4.74 Å². The van der Waals surface area contributed by atoms with Crippen molar-refractivity contribution in [1.82, 2.24) is 14.5 Å². The van der Waals surface area contributed by atoms with E-state index >= 15 is 0 Å². The maximum Gasteiger partial charge on any atom is 0.274 e. The molecule has 2 heterocycles. The molecule has 0 atom stereocenters. The Hall–Kier alpha value is -2.61. The van der Waals surface area contributed by atoms with Crippen LogP contribution >= 0.6 is 15.9 Å². The van der Waals surface area contributed by atoms with Crippen molar-refractivity contribution in [2.45, 2.75) is 13.5 Å². The summed E-state index contributed by atoms with van der Waals surface area (Å²) in [4.78, 5) is 20.5. The predicted molar refractivity (Wildman–Crippen MR) is 90.8 cm³/mol. The van der Waals surface area contributed by atoms with Gasteiger partial charge in [0.05, 0.1) is 0 Å². The van der Waals surface area contributed by atoms with Gasteiger partial charge in [0.25, 0.3) is 5.56 Å². The van der Waals surface area contributed by atoms with Crippen LogP contribution in [0.5, 0.6) is 5.75 Å². The van der Waals surface area contributed by atoms with E-state index in [0.29, 0.717) is 11.5 Å². The van der Waals surface area contributed by atoms with Crippen molar-refractivity contribution in [2.24, 2.45) is 0 Å². The summed E-state index contributed by atoms with van der Waals surface area (Å²) in [6, 6.07) is 6.47. The largest absolute Gasteiger partial charge is 0.487 e. The van der Waals surface area contributed by atoms with Crippen LogP contribution in [0.1, 0.15) is 11.3 Å². The van der Waals surface area contributed by atoms with Crippen LogP contribution in [0.25, 0.3) is 5.82 Å². The molecule has 0 aliphatic rings. The average Bonchev–Trinajstić information content (AvgIpc) is 2.59. The summed E-state index contributed by atoms with van der Waals surface area (Å²) in [6.07, 6.45) is 2.88. The summed E-state index contributed by atoms with van der Waals surface area (Å²) in [5, 5.41) is 0. The first kappa shape index (κ1) is 17.2. The van der Waals surface area contributed by atoms with Crippen molar-refractivity contribution in [3.63, 3.8) is 0 Å². The molecule has 2 aromatic heterocycles. The zero-order valence-electron chi connectivity index (χ0n) is 13.0. The van der Waals surface area contributed by atoms with Crippen molar-refractivity contribution in [3.8, 4) is 11.6 Å². The van der Waals surface area contributed by atoms with E-state index in [0.717, 1.165) is 12.1 Å². The molecule has 25 heavy (non-hydrogen) atoms. The fourth-order valence-electron chi connectivity index (χ4n) is 2.28. The maximum absolute atomic E-state index is 13.7. The van der Waals surface area contributed by atoms with Crippen LogP contribution in [-0.2, 0) is 6.61 Å². The molecule has 0 aliphatic carbocycles. The lowest BCUT2D eigenvalue weighted by Crippen LogP contribution is -2.23. The minimum atomic E-state index is -0.706. The van der Waals surface area contributed by atoms with Gasteiger partial charge in [0, 0.05) is 29.6 Å². The van der Waals surface area contributed by atoms with Gasteiger partial charge in [-0.3, -0.25) is 9.36 Å². The molecule has 128 valence electrons. The smallest absolute Gasteiger partial charge is 0.274 e. The van der Waals surface area contributed by atoms with Gasteiger partial charge in [0.1, 0.15) is 40.6 Å². The Kier molecular flexibility index (Phi) is 4.89. The molecule has 0 N–H and O–H groups in total. The van der Waals surface area contributed by atoms with E-state index in [1.54, 1.807) is 19.1 Å². The Balaban J connectivity index is 1.92. The van der Waals surface area contributed by atoms with E-state index in [4.69, 9.17) is 4.74 Å². The number of rotatable bonds is 4. The molecule has 0 spiro atoms. The number of benzene rings is 1. The Morgan fingerprint density at radius 3 is 2.72 bits per heavy atom. The van der Waals surface area contributed by atoms with Gasteiger partial charge in [-0.15, -0.1) is 0 Å². The van der Waals surface area contributed by atoms with Crippen molar-refractivity contribution in [1.29, 1.82) is 0 Å². The van der Waals surface area contributed by atoms with Crippen LogP contribution in [0.2, 0.25) is 0 Å². The molecular weight excluding hydrogens is 396 g/mol. The number of ether oxygens (including phenoxy) is 1. The van der Waals surface area contributed by atoms with E-state index in [2.05, 4.69) is 25.9 Å². The summed E-state index contributed by atoms with van der Waals surface area (Å²) in [7, 11) is 0. The molecule has 0 saturated carbocycles. The van der Waals surface area contributed by atoms with Crippen LogP contribution in [0, 0.1) is 18.6 Å². The molecule has 3 rings (SSSR count). The molecule has 0 amide bonds. The first-order valence-electron chi connectivity index (χ1n) is 7.22. The zero-order valence-corrected chi connectivity index (χ0v) is 14.6. The highest BCUT2D eigenvalue weighted by molar-refractivity contribution is 9.10. The fraction of sp³-hybridized carbons (Fsp3) is 0.118. The van der Waals surface area contributed by atoms with E-state index in [1.807, 2.05) is 0 Å². The number of hydrogen-bond acceptors (Lipinski definition) is 4. The molecule has 0 aliphatic heterocycles. The first-order valence-corrected chi connectivity index (χ1v) is 8.02. The van der Waals surface area contributed by atoms with Crippen LogP contribution < -0.4 is 10.3 Å². The molecule has 5 nitrogen and oxygen atoms in total. The van der Waals surface area contributed by atoms with E-state index < -0.39 is 11.6 Å². The minimum absolute atomic E-state index is 0.138. The van der Waals surface area contributed by atoms with Gasteiger partial charge in [0.15, 0.2) is 0 Å². The molecule has 1 aromatic carbocycles. The molecule has 0 unspecified atom stereocenters. The van der Waals surface area contributed by atoms with E-state index in [9.17, 15) is 13.6 Å². The molecule has 0 bridgehead atoms. The normalized spacial score (nSPS) is 10.7. The van der Waals surface area contributed by atoms with Crippen LogP contribution in [-0.4, -0.2) is 14.5 Å². The van der Waals surface area contributed by atoms with Crippen LogP contribution in [0.15, 0.2) is 52.1 Å². The second-order valence-corrected chi connectivity index (χ2v) is 5.99. The van der Waals surface area contributed by atoms with Crippen molar-refractivity contribution in [2.75, 3.05) is 0 Å². The summed E-state index contributed by atoms with van der Waals surface area (Å²) in [5.41, 5.74) is 0.403. The molecule has 0 saturated heterocycles. The molecule has 3 aromatic rings. The van der Waals surface area contributed by atoms with E-state index in [-0.39, 0.29) is 28.0 Å². The Morgan fingerprint density at radius 2 is 2.04 bits per heavy atom. The second kappa shape index (κ2) is 7.10. The van der Waals surface area contributed by atoms with Crippen LogP contribution in [0.3, 0.4) is 0 Å². The quantitative estimate of drug-likeness (QED) is 0.663. The third-order valence-electron chi connectivity index (χ3n) is 3.49. The Bertz CT molecular complexity index is 978. The van der Waals surface area contributed by atoms with Gasteiger partial charge in [0.2, 0.25) is 0 Å². The number of pyridine rings is 1. The van der Waals surface area contributed by atoms with Crippen molar-refractivity contribution in [3.05, 3.63) is 80.6 Å². The van der Waals surface area contributed by atoms with Gasteiger partial charge >= 0.3 is 0 Å². The van der Waals surface area contributed by atoms with Crippen molar-refractivity contribution < 1.29 is 13.5 Å². The third kappa shape index (κ3) is 3.58.